The Balaban J connectivity index is 1.43. The molecule has 0 aromatic heterocycles. The van der Waals surface area contributed by atoms with E-state index in [0.29, 0.717) is 12.0 Å². The summed E-state index contributed by atoms with van der Waals surface area (Å²) in [7, 11) is 0. The monoisotopic (exact) mass is 337 g/mol. The highest BCUT2D eigenvalue weighted by Crippen LogP contribution is 2.38. The lowest BCUT2D eigenvalue weighted by Gasteiger charge is -2.30. The fourth-order valence-corrected chi connectivity index (χ4v) is 4.26. The highest BCUT2D eigenvalue weighted by Gasteiger charge is 2.24. The first-order valence-electron chi connectivity index (χ1n) is 9.40. The van der Waals surface area contributed by atoms with Gasteiger partial charge in [0.2, 0.25) is 0 Å². The Labute approximate surface area is 144 Å². The largest absolute Gasteiger partial charge is 0.381 e. The van der Waals surface area contributed by atoms with Crippen molar-refractivity contribution in [3.63, 3.8) is 0 Å². The van der Waals surface area contributed by atoms with Crippen molar-refractivity contribution in [1.82, 2.24) is 5.32 Å². The summed E-state index contributed by atoms with van der Waals surface area (Å²) >= 11 is 0. The first-order chi connectivity index (χ1) is 11.6. The van der Waals surface area contributed by atoms with E-state index in [1.54, 1.807) is 0 Å². The zero-order valence-corrected chi connectivity index (χ0v) is 14.6. The molecule has 0 radical (unpaired) electrons. The van der Waals surface area contributed by atoms with Crippen LogP contribution in [-0.2, 0) is 4.74 Å². The van der Waals surface area contributed by atoms with Crippen LogP contribution < -0.4 is 5.32 Å². The molecule has 1 saturated heterocycles. The summed E-state index contributed by atoms with van der Waals surface area (Å²) < 4.78 is 32.2. The second kappa shape index (κ2) is 8.39. The topological polar surface area (TPSA) is 21.3 Å². The van der Waals surface area contributed by atoms with Crippen LogP contribution in [0.5, 0.6) is 0 Å². The zero-order valence-electron chi connectivity index (χ0n) is 14.6. The molecule has 134 valence electrons. The number of nitrogens with one attached hydrogen (secondary N) is 1. The molecular formula is C20H29F2NO. The van der Waals surface area contributed by atoms with Crippen LogP contribution in [0.15, 0.2) is 12.1 Å². The van der Waals surface area contributed by atoms with Crippen molar-refractivity contribution in [2.45, 2.75) is 63.8 Å². The van der Waals surface area contributed by atoms with Gasteiger partial charge >= 0.3 is 0 Å². The molecule has 0 amide bonds. The van der Waals surface area contributed by atoms with Gasteiger partial charge < -0.3 is 10.1 Å². The predicted octanol–water partition coefficient (Wildman–Crippen LogP) is 4.71. The minimum atomic E-state index is -0.732. The lowest BCUT2D eigenvalue weighted by Crippen LogP contribution is -2.36. The van der Waals surface area contributed by atoms with E-state index in [1.165, 1.54) is 31.4 Å². The summed E-state index contributed by atoms with van der Waals surface area (Å²) in [4.78, 5) is 0. The predicted molar refractivity (Wildman–Crippen MR) is 92.3 cm³/mol. The van der Waals surface area contributed by atoms with Crippen LogP contribution in [0.1, 0.15) is 62.0 Å². The van der Waals surface area contributed by atoms with E-state index < -0.39 is 11.6 Å². The van der Waals surface area contributed by atoms with E-state index >= 15 is 0 Å². The Kier molecular flexibility index (Phi) is 6.23. The van der Waals surface area contributed by atoms with E-state index in [4.69, 9.17) is 4.74 Å². The maximum Gasteiger partial charge on any atom is 0.159 e. The molecule has 2 fully saturated rings. The molecule has 1 aliphatic carbocycles. The van der Waals surface area contributed by atoms with Crippen LogP contribution in [0, 0.1) is 24.5 Å². The second-order valence-corrected chi connectivity index (χ2v) is 7.47. The SMILES string of the molecule is Cc1cc(F)c(F)cc1[C@H]1CC[C@H](CCNC2CCOCC2)CC1. The average Bonchev–Trinajstić information content (AvgIpc) is 2.60. The van der Waals surface area contributed by atoms with Crippen molar-refractivity contribution in [3.05, 3.63) is 34.9 Å². The van der Waals surface area contributed by atoms with Crippen molar-refractivity contribution < 1.29 is 13.5 Å². The van der Waals surface area contributed by atoms with Crippen LogP contribution in [0.2, 0.25) is 0 Å². The smallest absolute Gasteiger partial charge is 0.159 e. The van der Waals surface area contributed by atoms with Crippen molar-refractivity contribution in [2.75, 3.05) is 19.8 Å². The lowest BCUT2D eigenvalue weighted by molar-refractivity contribution is 0.0775. The summed E-state index contributed by atoms with van der Waals surface area (Å²) in [6.07, 6.45) is 8.05. The van der Waals surface area contributed by atoms with Gasteiger partial charge in [-0.15, -0.1) is 0 Å². The molecule has 2 nitrogen and oxygen atoms in total. The van der Waals surface area contributed by atoms with Crippen molar-refractivity contribution in [1.29, 1.82) is 0 Å². The Morgan fingerprint density at radius 3 is 2.38 bits per heavy atom. The third-order valence-corrected chi connectivity index (χ3v) is 5.80. The fraction of sp³-hybridized carbons (Fsp3) is 0.700. The van der Waals surface area contributed by atoms with Crippen molar-refractivity contribution >= 4 is 0 Å². The first-order valence-corrected chi connectivity index (χ1v) is 9.40. The molecule has 3 rings (SSSR count). The van der Waals surface area contributed by atoms with Gasteiger partial charge in [-0.05, 0) is 93.5 Å². The van der Waals surface area contributed by atoms with E-state index in [-0.39, 0.29) is 0 Å². The maximum atomic E-state index is 13.5. The number of aryl methyl sites for hydroxylation is 1. The molecule has 1 N–H and O–H groups in total. The van der Waals surface area contributed by atoms with Crippen LogP contribution in [0.3, 0.4) is 0 Å². The summed E-state index contributed by atoms with van der Waals surface area (Å²) in [6.45, 7) is 4.75. The van der Waals surface area contributed by atoms with E-state index in [1.807, 2.05) is 6.92 Å². The summed E-state index contributed by atoms with van der Waals surface area (Å²) in [5.41, 5.74) is 1.89. The summed E-state index contributed by atoms with van der Waals surface area (Å²) in [5.74, 6) is -0.290. The van der Waals surface area contributed by atoms with Crippen LogP contribution in [-0.4, -0.2) is 25.8 Å². The van der Waals surface area contributed by atoms with Gasteiger partial charge in [-0.3, -0.25) is 0 Å². The molecule has 1 aliphatic heterocycles. The van der Waals surface area contributed by atoms with Gasteiger partial charge in [0.1, 0.15) is 0 Å². The van der Waals surface area contributed by atoms with Crippen molar-refractivity contribution in [3.8, 4) is 0 Å². The number of ether oxygens (including phenoxy) is 1. The fourth-order valence-electron chi connectivity index (χ4n) is 4.26. The number of rotatable bonds is 5. The molecule has 0 unspecified atom stereocenters. The third kappa shape index (κ3) is 4.54. The lowest BCUT2D eigenvalue weighted by atomic mass is 9.76. The van der Waals surface area contributed by atoms with Gasteiger partial charge in [0.15, 0.2) is 11.6 Å². The number of hydrogen-bond donors (Lipinski definition) is 1. The molecular weight excluding hydrogens is 308 g/mol. The van der Waals surface area contributed by atoms with E-state index in [2.05, 4.69) is 5.32 Å². The quantitative estimate of drug-likeness (QED) is 0.840. The standard InChI is InChI=1S/C20H29F2NO/c1-14-12-19(21)20(22)13-18(14)16-4-2-15(3-5-16)6-9-23-17-7-10-24-11-8-17/h12-13,15-17,23H,2-11H2,1H3/t15-,16-. The van der Waals surface area contributed by atoms with E-state index in [9.17, 15) is 8.78 Å². The van der Waals surface area contributed by atoms with Gasteiger partial charge in [-0.2, -0.15) is 0 Å². The Morgan fingerprint density at radius 2 is 1.67 bits per heavy atom. The summed E-state index contributed by atoms with van der Waals surface area (Å²) in [6, 6.07) is 3.39. The molecule has 1 aromatic carbocycles. The number of benzene rings is 1. The molecule has 24 heavy (non-hydrogen) atoms. The zero-order chi connectivity index (χ0) is 16.9. The van der Waals surface area contributed by atoms with Crippen LogP contribution in [0.25, 0.3) is 0 Å². The minimum Gasteiger partial charge on any atom is -0.381 e. The molecule has 2 aliphatic rings. The number of halogens is 2. The Bertz CT molecular complexity index is 535. The highest BCUT2D eigenvalue weighted by atomic mass is 19.2. The molecule has 1 aromatic rings. The molecule has 0 spiro atoms. The van der Waals surface area contributed by atoms with E-state index in [0.717, 1.165) is 62.5 Å². The van der Waals surface area contributed by atoms with Gasteiger partial charge in [0, 0.05) is 19.3 Å². The average molecular weight is 337 g/mol. The second-order valence-electron chi connectivity index (χ2n) is 7.47. The van der Waals surface area contributed by atoms with Gasteiger partial charge in [-0.25, -0.2) is 8.78 Å². The van der Waals surface area contributed by atoms with Crippen molar-refractivity contribution in [2.24, 2.45) is 5.92 Å². The molecule has 0 atom stereocenters. The number of hydrogen-bond acceptors (Lipinski definition) is 2. The summed E-state index contributed by atoms with van der Waals surface area (Å²) in [5, 5.41) is 3.66. The molecule has 4 heteroatoms. The minimum absolute atomic E-state index is 0.389. The first kappa shape index (κ1) is 17.8. The third-order valence-electron chi connectivity index (χ3n) is 5.80. The van der Waals surface area contributed by atoms with Crippen LogP contribution in [0.4, 0.5) is 8.78 Å². The normalized spacial score (nSPS) is 25.8. The Morgan fingerprint density at radius 1 is 1.00 bits per heavy atom. The van der Waals surface area contributed by atoms with Gasteiger partial charge in [0.25, 0.3) is 0 Å². The molecule has 1 saturated carbocycles. The van der Waals surface area contributed by atoms with Gasteiger partial charge in [0.05, 0.1) is 0 Å². The van der Waals surface area contributed by atoms with Gasteiger partial charge in [-0.1, -0.05) is 0 Å². The highest BCUT2D eigenvalue weighted by molar-refractivity contribution is 5.31. The molecule has 0 bridgehead atoms. The van der Waals surface area contributed by atoms with Crippen LogP contribution >= 0.6 is 0 Å². The maximum absolute atomic E-state index is 13.5. The molecule has 1 heterocycles. The Hall–Kier alpha value is -1.00.